The molecular weight excluding hydrogens is 343 g/mol. The highest BCUT2D eigenvalue weighted by Crippen LogP contribution is 2.25. The summed E-state index contributed by atoms with van der Waals surface area (Å²) in [6.45, 7) is 1.25. The van der Waals surface area contributed by atoms with E-state index < -0.39 is 17.6 Å². The van der Waals surface area contributed by atoms with Gasteiger partial charge in [-0.1, -0.05) is 12.1 Å². The molecule has 1 heterocycles. The van der Waals surface area contributed by atoms with E-state index in [0.717, 1.165) is 0 Å². The zero-order valence-electron chi connectivity index (χ0n) is 12.2. The summed E-state index contributed by atoms with van der Waals surface area (Å²) in [6.07, 6.45) is 0. The SMILES string of the molecule is COc1ccccc1NC(=O)C(C(C)=O)c1nc(Cl)nc(Cl)n1. The molecule has 7 nitrogen and oxygen atoms in total. The lowest BCUT2D eigenvalue weighted by molar-refractivity contribution is -0.126. The summed E-state index contributed by atoms with van der Waals surface area (Å²) < 4.78 is 5.15. The minimum Gasteiger partial charge on any atom is -0.495 e. The van der Waals surface area contributed by atoms with Crippen LogP contribution in [-0.2, 0) is 9.59 Å². The molecule has 0 aliphatic rings. The lowest BCUT2D eigenvalue weighted by Gasteiger charge is -2.14. The monoisotopic (exact) mass is 354 g/mol. The van der Waals surface area contributed by atoms with Gasteiger partial charge in [-0.05, 0) is 42.3 Å². The van der Waals surface area contributed by atoms with Crippen molar-refractivity contribution in [2.45, 2.75) is 12.8 Å². The van der Waals surface area contributed by atoms with Crippen LogP contribution in [-0.4, -0.2) is 33.8 Å². The number of aromatic nitrogens is 3. The Balaban J connectivity index is 2.34. The summed E-state index contributed by atoms with van der Waals surface area (Å²) in [7, 11) is 1.47. The fraction of sp³-hybridized carbons (Fsp3) is 0.214. The van der Waals surface area contributed by atoms with E-state index in [4.69, 9.17) is 27.9 Å². The molecule has 1 amide bonds. The first-order valence-electron chi connectivity index (χ1n) is 6.43. The van der Waals surface area contributed by atoms with Gasteiger partial charge < -0.3 is 10.1 Å². The Kier molecular flexibility index (Phi) is 5.46. The number of ether oxygens (including phenoxy) is 1. The van der Waals surface area contributed by atoms with Crippen LogP contribution in [0, 0.1) is 0 Å². The molecule has 1 unspecified atom stereocenters. The second-order valence-electron chi connectivity index (χ2n) is 4.46. The quantitative estimate of drug-likeness (QED) is 0.829. The van der Waals surface area contributed by atoms with Crippen LogP contribution in [0.3, 0.4) is 0 Å². The van der Waals surface area contributed by atoms with E-state index in [-0.39, 0.29) is 16.4 Å². The number of carbonyl (C=O) groups is 2. The lowest BCUT2D eigenvalue weighted by atomic mass is 10.0. The molecule has 1 aromatic carbocycles. The number of nitrogens with one attached hydrogen (secondary N) is 1. The van der Waals surface area contributed by atoms with Gasteiger partial charge in [0.2, 0.25) is 16.5 Å². The molecule has 0 spiro atoms. The number of ketones is 1. The minimum absolute atomic E-state index is 0.116. The molecule has 1 aromatic heterocycles. The average Bonchev–Trinajstić information content (AvgIpc) is 2.46. The Morgan fingerprint density at radius 1 is 1.13 bits per heavy atom. The molecule has 0 bridgehead atoms. The normalized spacial score (nSPS) is 11.7. The number of benzene rings is 1. The Hall–Kier alpha value is -2.25. The Morgan fingerprint density at radius 3 is 2.30 bits per heavy atom. The van der Waals surface area contributed by atoms with Crippen molar-refractivity contribution in [1.29, 1.82) is 0 Å². The minimum atomic E-state index is -1.27. The van der Waals surface area contributed by atoms with Gasteiger partial charge >= 0.3 is 0 Å². The van der Waals surface area contributed by atoms with Crippen LogP contribution in [0.2, 0.25) is 10.6 Å². The van der Waals surface area contributed by atoms with E-state index in [9.17, 15) is 9.59 Å². The highest BCUT2D eigenvalue weighted by Gasteiger charge is 2.30. The number of hydrogen-bond acceptors (Lipinski definition) is 6. The average molecular weight is 355 g/mol. The first-order valence-corrected chi connectivity index (χ1v) is 7.19. The van der Waals surface area contributed by atoms with Crippen molar-refractivity contribution in [2.75, 3.05) is 12.4 Å². The number of amides is 1. The summed E-state index contributed by atoms with van der Waals surface area (Å²) >= 11 is 11.4. The number of para-hydroxylation sites is 2. The number of methoxy groups -OCH3 is 1. The zero-order valence-corrected chi connectivity index (χ0v) is 13.7. The number of Topliss-reactive ketones (excluding diaryl/α,β-unsaturated/α-hetero) is 1. The van der Waals surface area contributed by atoms with E-state index in [1.165, 1.54) is 14.0 Å². The molecule has 0 aliphatic heterocycles. The topological polar surface area (TPSA) is 94.1 Å². The zero-order chi connectivity index (χ0) is 17.0. The van der Waals surface area contributed by atoms with Crippen LogP contribution in [0.1, 0.15) is 18.7 Å². The van der Waals surface area contributed by atoms with Crippen LogP contribution in [0.5, 0.6) is 5.75 Å². The summed E-state index contributed by atoms with van der Waals surface area (Å²) in [4.78, 5) is 35.6. The van der Waals surface area contributed by atoms with Crippen molar-refractivity contribution >= 4 is 40.6 Å². The van der Waals surface area contributed by atoms with Gasteiger partial charge in [-0.3, -0.25) is 9.59 Å². The van der Waals surface area contributed by atoms with Crippen molar-refractivity contribution in [3.63, 3.8) is 0 Å². The summed E-state index contributed by atoms with van der Waals surface area (Å²) in [6, 6.07) is 6.79. The number of carbonyl (C=O) groups excluding carboxylic acids is 2. The van der Waals surface area contributed by atoms with Gasteiger partial charge in [0.25, 0.3) is 0 Å². The van der Waals surface area contributed by atoms with Gasteiger partial charge in [-0.2, -0.15) is 4.98 Å². The fourth-order valence-electron chi connectivity index (χ4n) is 1.91. The number of rotatable bonds is 5. The van der Waals surface area contributed by atoms with Gasteiger partial charge in [-0.25, -0.2) is 9.97 Å². The molecule has 0 radical (unpaired) electrons. The van der Waals surface area contributed by atoms with Crippen molar-refractivity contribution in [2.24, 2.45) is 0 Å². The number of nitrogens with zero attached hydrogens (tertiary/aromatic N) is 3. The Morgan fingerprint density at radius 2 is 1.74 bits per heavy atom. The number of hydrogen-bond donors (Lipinski definition) is 1. The smallest absolute Gasteiger partial charge is 0.242 e. The largest absolute Gasteiger partial charge is 0.495 e. The summed E-state index contributed by atoms with van der Waals surface area (Å²) in [5, 5.41) is 2.21. The Bertz CT molecular complexity index is 734. The lowest BCUT2D eigenvalue weighted by Crippen LogP contribution is -2.28. The molecule has 0 saturated carbocycles. The summed E-state index contributed by atoms with van der Waals surface area (Å²) in [5.41, 5.74) is 0.414. The fourth-order valence-corrected chi connectivity index (χ4v) is 2.28. The van der Waals surface area contributed by atoms with Gasteiger partial charge in [0.15, 0.2) is 11.7 Å². The van der Waals surface area contributed by atoms with Crippen LogP contribution in [0.15, 0.2) is 24.3 Å². The van der Waals surface area contributed by atoms with Gasteiger partial charge in [0.05, 0.1) is 12.8 Å². The van der Waals surface area contributed by atoms with Crippen molar-refractivity contribution in [3.05, 3.63) is 40.7 Å². The van der Waals surface area contributed by atoms with Crippen LogP contribution < -0.4 is 10.1 Å². The second kappa shape index (κ2) is 7.34. The second-order valence-corrected chi connectivity index (χ2v) is 5.14. The third-order valence-corrected chi connectivity index (χ3v) is 3.23. The molecule has 1 N–H and O–H groups in total. The molecule has 23 heavy (non-hydrogen) atoms. The van der Waals surface area contributed by atoms with Crippen molar-refractivity contribution < 1.29 is 14.3 Å². The predicted octanol–water partition coefficient (Wildman–Crippen LogP) is 2.50. The van der Waals surface area contributed by atoms with Crippen molar-refractivity contribution in [3.8, 4) is 5.75 Å². The maximum atomic E-state index is 12.5. The van der Waals surface area contributed by atoms with E-state index in [1.807, 2.05) is 0 Å². The molecule has 120 valence electrons. The maximum Gasteiger partial charge on any atom is 0.242 e. The maximum absolute atomic E-state index is 12.5. The summed E-state index contributed by atoms with van der Waals surface area (Å²) in [5.74, 6) is -2.02. The van der Waals surface area contributed by atoms with E-state index in [2.05, 4.69) is 20.3 Å². The van der Waals surface area contributed by atoms with Crippen LogP contribution in [0.4, 0.5) is 5.69 Å². The first-order chi connectivity index (χ1) is 10.9. The van der Waals surface area contributed by atoms with E-state index in [1.54, 1.807) is 24.3 Å². The third-order valence-electron chi connectivity index (χ3n) is 2.89. The van der Waals surface area contributed by atoms with Crippen molar-refractivity contribution in [1.82, 2.24) is 15.0 Å². The Labute approximate surface area is 142 Å². The van der Waals surface area contributed by atoms with E-state index >= 15 is 0 Å². The third kappa shape index (κ3) is 4.14. The number of halogens is 2. The molecule has 2 rings (SSSR count). The first kappa shape index (κ1) is 17.1. The van der Waals surface area contributed by atoms with Crippen LogP contribution in [0.25, 0.3) is 0 Å². The van der Waals surface area contributed by atoms with E-state index in [0.29, 0.717) is 11.4 Å². The highest BCUT2D eigenvalue weighted by atomic mass is 35.5. The highest BCUT2D eigenvalue weighted by molar-refractivity contribution is 6.31. The van der Waals surface area contributed by atoms with Gasteiger partial charge in [0, 0.05) is 0 Å². The molecule has 9 heteroatoms. The molecular formula is C14H12Cl2N4O3. The molecule has 1 atom stereocenters. The molecule has 0 aliphatic carbocycles. The standard InChI is InChI=1S/C14H12Cl2N4O3/c1-7(21)10(11-18-13(15)20-14(16)19-11)12(22)17-8-5-3-4-6-9(8)23-2/h3-6,10H,1-2H3,(H,17,22). The molecule has 0 saturated heterocycles. The van der Waals surface area contributed by atoms with Gasteiger partial charge in [0.1, 0.15) is 11.5 Å². The van der Waals surface area contributed by atoms with Crippen LogP contribution >= 0.6 is 23.2 Å². The molecule has 0 fully saturated rings. The van der Waals surface area contributed by atoms with Gasteiger partial charge in [-0.15, -0.1) is 0 Å². The predicted molar refractivity (Wildman–Crippen MR) is 84.9 cm³/mol. The molecule has 2 aromatic rings. The number of anilines is 1.